The molecule has 0 aromatic heterocycles. The van der Waals surface area contributed by atoms with Crippen molar-refractivity contribution in [1.29, 1.82) is 0 Å². The van der Waals surface area contributed by atoms with E-state index in [1.807, 2.05) is 6.92 Å². The molecule has 0 aliphatic carbocycles. The SMILES string of the molecule is CCCCC(Cl)(Cl)CC(C)Cl. The first-order chi connectivity index (χ1) is 4.98. The smallest absolute Gasteiger partial charge is 0.119 e. The summed E-state index contributed by atoms with van der Waals surface area (Å²) < 4.78 is -0.614. The third-order valence-electron chi connectivity index (χ3n) is 1.48. The highest BCUT2D eigenvalue weighted by Crippen LogP contribution is 2.33. The van der Waals surface area contributed by atoms with E-state index in [4.69, 9.17) is 34.8 Å². The van der Waals surface area contributed by atoms with Crippen molar-refractivity contribution in [1.82, 2.24) is 0 Å². The van der Waals surface area contributed by atoms with Gasteiger partial charge in [0, 0.05) is 5.38 Å². The Kier molecular flexibility index (Phi) is 5.94. The molecule has 1 atom stereocenters. The molecule has 0 aromatic carbocycles. The van der Waals surface area contributed by atoms with Gasteiger partial charge in [-0.1, -0.05) is 19.8 Å². The molecule has 0 saturated carbocycles. The van der Waals surface area contributed by atoms with Crippen molar-refractivity contribution in [3.8, 4) is 0 Å². The van der Waals surface area contributed by atoms with Gasteiger partial charge in [0.15, 0.2) is 0 Å². The summed E-state index contributed by atoms with van der Waals surface area (Å²) in [5, 5.41) is 0.0573. The van der Waals surface area contributed by atoms with Crippen molar-refractivity contribution >= 4 is 34.8 Å². The van der Waals surface area contributed by atoms with Crippen molar-refractivity contribution in [3.63, 3.8) is 0 Å². The van der Waals surface area contributed by atoms with E-state index in [1.165, 1.54) is 0 Å². The van der Waals surface area contributed by atoms with E-state index >= 15 is 0 Å². The molecule has 1 unspecified atom stereocenters. The van der Waals surface area contributed by atoms with Crippen LogP contribution in [0.5, 0.6) is 0 Å². The minimum Gasteiger partial charge on any atom is -0.123 e. The summed E-state index contributed by atoms with van der Waals surface area (Å²) in [5.74, 6) is 0. The van der Waals surface area contributed by atoms with Gasteiger partial charge in [-0.2, -0.15) is 0 Å². The van der Waals surface area contributed by atoms with Crippen molar-refractivity contribution in [2.45, 2.75) is 49.2 Å². The predicted molar refractivity (Wildman–Crippen MR) is 53.9 cm³/mol. The Bertz CT molecular complexity index is 99.5. The lowest BCUT2D eigenvalue weighted by atomic mass is 10.1. The average Bonchev–Trinajstić information content (AvgIpc) is 1.81. The summed E-state index contributed by atoms with van der Waals surface area (Å²) in [6.07, 6.45) is 3.69. The number of rotatable bonds is 5. The van der Waals surface area contributed by atoms with Gasteiger partial charge < -0.3 is 0 Å². The molecule has 0 bridgehead atoms. The van der Waals surface area contributed by atoms with Crippen LogP contribution in [-0.2, 0) is 0 Å². The first-order valence-electron chi connectivity index (χ1n) is 4.00. The molecule has 3 heteroatoms. The van der Waals surface area contributed by atoms with E-state index in [1.54, 1.807) is 0 Å². The molecule has 0 saturated heterocycles. The van der Waals surface area contributed by atoms with E-state index in [2.05, 4.69) is 6.92 Å². The molecule has 0 aliphatic heterocycles. The van der Waals surface area contributed by atoms with Crippen LogP contribution in [0.4, 0.5) is 0 Å². The predicted octanol–water partition coefficient (Wildman–Crippen LogP) is 4.37. The van der Waals surface area contributed by atoms with Crippen LogP contribution in [0.2, 0.25) is 0 Å². The fraction of sp³-hybridized carbons (Fsp3) is 1.00. The fourth-order valence-corrected chi connectivity index (χ4v) is 2.10. The third kappa shape index (κ3) is 7.24. The van der Waals surface area contributed by atoms with Gasteiger partial charge in [-0.3, -0.25) is 0 Å². The summed E-state index contributed by atoms with van der Waals surface area (Å²) in [4.78, 5) is 0. The van der Waals surface area contributed by atoms with E-state index in [9.17, 15) is 0 Å². The molecule has 0 rings (SSSR count). The molecule has 0 radical (unpaired) electrons. The van der Waals surface area contributed by atoms with Gasteiger partial charge in [0.25, 0.3) is 0 Å². The van der Waals surface area contributed by atoms with Gasteiger partial charge in [0.1, 0.15) is 4.33 Å². The Morgan fingerprint density at radius 3 is 2.27 bits per heavy atom. The average molecular weight is 218 g/mol. The molecular weight excluding hydrogens is 202 g/mol. The van der Waals surface area contributed by atoms with Gasteiger partial charge >= 0.3 is 0 Å². The summed E-state index contributed by atoms with van der Waals surface area (Å²) in [6, 6.07) is 0. The fourth-order valence-electron chi connectivity index (χ4n) is 0.949. The number of alkyl halides is 3. The number of halogens is 3. The molecule has 0 N–H and O–H groups in total. The van der Waals surface area contributed by atoms with Crippen molar-refractivity contribution in [2.24, 2.45) is 0 Å². The molecule has 0 aromatic rings. The normalized spacial score (nSPS) is 15.0. The maximum atomic E-state index is 5.99. The van der Waals surface area contributed by atoms with Crippen LogP contribution in [0.1, 0.15) is 39.5 Å². The Hall–Kier alpha value is 0.870. The lowest BCUT2D eigenvalue weighted by Crippen LogP contribution is -2.16. The van der Waals surface area contributed by atoms with Crippen LogP contribution in [0.3, 0.4) is 0 Å². The summed E-state index contributed by atoms with van der Waals surface area (Å²) in [7, 11) is 0. The van der Waals surface area contributed by atoms with Crippen molar-refractivity contribution in [2.75, 3.05) is 0 Å². The highest BCUT2D eigenvalue weighted by Gasteiger charge is 2.24. The molecule has 0 nitrogen and oxygen atoms in total. The minimum atomic E-state index is -0.614. The lowest BCUT2D eigenvalue weighted by molar-refractivity contribution is 0.593. The zero-order chi connectivity index (χ0) is 8.91. The van der Waals surface area contributed by atoms with Gasteiger partial charge in [-0.05, 0) is 19.8 Å². The molecule has 0 aliphatic rings. The molecule has 0 spiro atoms. The third-order valence-corrected chi connectivity index (χ3v) is 2.32. The molecule has 0 fully saturated rings. The van der Waals surface area contributed by atoms with E-state index in [0.29, 0.717) is 6.42 Å². The molecular formula is C8H15Cl3. The van der Waals surface area contributed by atoms with Crippen LogP contribution in [-0.4, -0.2) is 9.71 Å². The number of hydrogen-bond acceptors (Lipinski definition) is 0. The van der Waals surface area contributed by atoms with Crippen molar-refractivity contribution < 1.29 is 0 Å². The van der Waals surface area contributed by atoms with Gasteiger partial charge in [0.2, 0.25) is 0 Å². The summed E-state index contributed by atoms with van der Waals surface area (Å²) in [5.41, 5.74) is 0. The number of hydrogen-bond donors (Lipinski definition) is 0. The van der Waals surface area contributed by atoms with Crippen LogP contribution < -0.4 is 0 Å². The maximum absolute atomic E-state index is 5.99. The zero-order valence-electron chi connectivity index (χ0n) is 7.04. The monoisotopic (exact) mass is 216 g/mol. The Morgan fingerprint density at radius 1 is 1.36 bits per heavy atom. The van der Waals surface area contributed by atoms with Gasteiger partial charge in [-0.15, -0.1) is 34.8 Å². The standard InChI is InChI=1S/C8H15Cl3/c1-3-4-5-8(10,11)6-7(2)9/h7H,3-6H2,1-2H3. The van der Waals surface area contributed by atoms with E-state index < -0.39 is 4.33 Å². The second-order valence-corrected chi connectivity index (χ2v) is 5.33. The number of unbranched alkanes of at least 4 members (excludes halogenated alkanes) is 1. The van der Waals surface area contributed by atoms with E-state index in [0.717, 1.165) is 19.3 Å². The highest BCUT2D eigenvalue weighted by atomic mass is 35.5. The summed E-state index contributed by atoms with van der Waals surface area (Å²) >= 11 is 17.8. The van der Waals surface area contributed by atoms with Crippen LogP contribution >= 0.6 is 34.8 Å². The molecule has 11 heavy (non-hydrogen) atoms. The van der Waals surface area contributed by atoms with Crippen LogP contribution in [0.25, 0.3) is 0 Å². The highest BCUT2D eigenvalue weighted by molar-refractivity contribution is 6.48. The quantitative estimate of drug-likeness (QED) is 0.600. The lowest BCUT2D eigenvalue weighted by Gasteiger charge is -2.19. The van der Waals surface area contributed by atoms with Crippen LogP contribution in [0.15, 0.2) is 0 Å². The second-order valence-electron chi connectivity index (χ2n) is 2.94. The van der Waals surface area contributed by atoms with Crippen LogP contribution in [0, 0.1) is 0 Å². The molecule has 0 amide bonds. The van der Waals surface area contributed by atoms with Crippen molar-refractivity contribution in [3.05, 3.63) is 0 Å². The largest absolute Gasteiger partial charge is 0.123 e. The summed E-state index contributed by atoms with van der Waals surface area (Å²) in [6.45, 7) is 4.03. The Morgan fingerprint density at radius 2 is 1.91 bits per heavy atom. The topological polar surface area (TPSA) is 0 Å². The molecule has 68 valence electrons. The zero-order valence-corrected chi connectivity index (χ0v) is 9.31. The minimum absolute atomic E-state index is 0.0573. The Balaban J connectivity index is 3.61. The Labute approximate surface area is 84.2 Å². The van der Waals surface area contributed by atoms with Gasteiger partial charge in [0.05, 0.1) is 0 Å². The maximum Gasteiger partial charge on any atom is 0.119 e. The van der Waals surface area contributed by atoms with Gasteiger partial charge in [-0.25, -0.2) is 0 Å². The first kappa shape index (κ1) is 11.9. The first-order valence-corrected chi connectivity index (χ1v) is 5.19. The van der Waals surface area contributed by atoms with E-state index in [-0.39, 0.29) is 5.38 Å². The second kappa shape index (κ2) is 5.50. The molecule has 0 heterocycles.